The minimum atomic E-state index is 0.335. The average Bonchev–Trinajstić information content (AvgIpc) is 2.57. The molecule has 0 spiro atoms. The third kappa shape index (κ3) is 20.7. The van der Waals surface area contributed by atoms with E-state index >= 15 is 0 Å². The molecule has 0 bridgehead atoms. The van der Waals surface area contributed by atoms with Crippen LogP contribution in [0.2, 0.25) is 0 Å². The van der Waals surface area contributed by atoms with Gasteiger partial charge in [-0.3, -0.25) is 0 Å². The molecule has 0 aliphatic carbocycles. The van der Waals surface area contributed by atoms with Crippen molar-refractivity contribution in [2.45, 2.75) is 71.1 Å². The van der Waals surface area contributed by atoms with Gasteiger partial charge in [0.2, 0.25) is 0 Å². The van der Waals surface area contributed by atoms with Crippen LogP contribution in [0.3, 0.4) is 0 Å². The van der Waals surface area contributed by atoms with Gasteiger partial charge in [0, 0.05) is 6.61 Å². The minimum Gasteiger partial charge on any atom is -0.396 e. The normalized spacial score (nSPS) is 13.0. The SMILES string of the molecule is CC/C=C/C/C=C/C/C=C/C/C=C/C/C=C/CCCCCCO. The average molecular weight is 317 g/mol. The highest BCUT2D eigenvalue weighted by Gasteiger charge is 1.86. The molecular formula is C22H36O. The van der Waals surface area contributed by atoms with E-state index in [0.717, 1.165) is 44.9 Å². The van der Waals surface area contributed by atoms with Crippen molar-refractivity contribution in [1.82, 2.24) is 0 Å². The van der Waals surface area contributed by atoms with Gasteiger partial charge in [0.05, 0.1) is 0 Å². The van der Waals surface area contributed by atoms with Crippen LogP contribution >= 0.6 is 0 Å². The van der Waals surface area contributed by atoms with Crippen LogP contribution in [0, 0.1) is 0 Å². The molecule has 0 aromatic heterocycles. The van der Waals surface area contributed by atoms with E-state index in [9.17, 15) is 0 Å². The summed E-state index contributed by atoms with van der Waals surface area (Å²) in [4.78, 5) is 0. The number of rotatable bonds is 15. The molecule has 0 unspecified atom stereocenters. The number of allylic oxidation sites excluding steroid dienone is 10. The van der Waals surface area contributed by atoms with Crippen molar-refractivity contribution in [3.63, 3.8) is 0 Å². The van der Waals surface area contributed by atoms with Gasteiger partial charge in [-0.05, 0) is 51.4 Å². The highest BCUT2D eigenvalue weighted by atomic mass is 16.2. The van der Waals surface area contributed by atoms with Crippen molar-refractivity contribution >= 4 is 0 Å². The zero-order chi connectivity index (χ0) is 16.8. The van der Waals surface area contributed by atoms with Gasteiger partial charge >= 0.3 is 0 Å². The number of unbranched alkanes of at least 4 members (excludes halogenated alkanes) is 4. The summed E-state index contributed by atoms with van der Waals surface area (Å²) in [5.74, 6) is 0. The smallest absolute Gasteiger partial charge is 0.0431 e. The van der Waals surface area contributed by atoms with Gasteiger partial charge in [0.15, 0.2) is 0 Å². The Morgan fingerprint density at radius 3 is 1.43 bits per heavy atom. The molecule has 0 aromatic rings. The predicted molar refractivity (Wildman–Crippen MR) is 105 cm³/mol. The van der Waals surface area contributed by atoms with Crippen molar-refractivity contribution in [3.05, 3.63) is 60.8 Å². The summed E-state index contributed by atoms with van der Waals surface area (Å²) in [6.45, 7) is 2.49. The molecule has 0 aliphatic rings. The minimum absolute atomic E-state index is 0.335. The Bertz CT molecular complexity index is 358. The second-order valence-electron chi connectivity index (χ2n) is 5.63. The number of hydrogen-bond acceptors (Lipinski definition) is 1. The number of aliphatic hydroxyl groups is 1. The zero-order valence-corrected chi connectivity index (χ0v) is 15.0. The molecule has 0 amide bonds. The van der Waals surface area contributed by atoms with Crippen LogP contribution in [-0.2, 0) is 0 Å². The largest absolute Gasteiger partial charge is 0.396 e. The van der Waals surface area contributed by atoms with Gasteiger partial charge in [-0.25, -0.2) is 0 Å². The molecule has 1 heteroatoms. The molecule has 0 rings (SSSR count). The third-order valence-corrected chi connectivity index (χ3v) is 3.44. The first kappa shape index (κ1) is 21.7. The van der Waals surface area contributed by atoms with E-state index in [2.05, 4.69) is 67.7 Å². The lowest BCUT2D eigenvalue weighted by Crippen LogP contribution is -1.82. The first-order chi connectivity index (χ1) is 11.4. The Hall–Kier alpha value is -1.34. The van der Waals surface area contributed by atoms with Crippen LogP contribution < -0.4 is 0 Å². The predicted octanol–water partition coefficient (Wildman–Crippen LogP) is 6.68. The summed E-state index contributed by atoms with van der Waals surface area (Å²) >= 11 is 0. The van der Waals surface area contributed by atoms with Crippen LogP contribution in [0.1, 0.15) is 71.1 Å². The van der Waals surface area contributed by atoms with E-state index in [0.29, 0.717) is 6.61 Å². The zero-order valence-electron chi connectivity index (χ0n) is 15.0. The second kappa shape index (κ2) is 20.7. The molecule has 23 heavy (non-hydrogen) atoms. The van der Waals surface area contributed by atoms with Gasteiger partial charge in [0.25, 0.3) is 0 Å². The summed E-state index contributed by atoms with van der Waals surface area (Å²) in [7, 11) is 0. The summed E-state index contributed by atoms with van der Waals surface area (Å²) in [6, 6.07) is 0. The molecular weight excluding hydrogens is 280 g/mol. The Labute approximate surface area is 144 Å². The quantitative estimate of drug-likeness (QED) is 0.264. The van der Waals surface area contributed by atoms with Gasteiger partial charge in [0.1, 0.15) is 0 Å². The lowest BCUT2D eigenvalue weighted by Gasteiger charge is -1.95. The maximum absolute atomic E-state index is 8.68. The molecule has 130 valence electrons. The van der Waals surface area contributed by atoms with Gasteiger partial charge < -0.3 is 5.11 Å². The lowest BCUT2D eigenvalue weighted by atomic mass is 10.1. The fraction of sp³-hybridized carbons (Fsp3) is 0.545. The molecule has 0 saturated carbocycles. The van der Waals surface area contributed by atoms with E-state index in [1.807, 2.05) is 0 Å². The van der Waals surface area contributed by atoms with Crippen LogP contribution in [0.15, 0.2) is 60.8 Å². The Morgan fingerprint density at radius 2 is 0.957 bits per heavy atom. The molecule has 0 aliphatic heterocycles. The first-order valence-corrected chi connectivity index (χ1v) is 9.27. The molecule has 1 N–H and O–H groups in total. The topological polar surface area (TPSA) is 20.2 Å². The fourth-order valence-corrected chi connectivity index (χ4v) is 2.10. The van der Waals surface area contributed by atoms with E-state index in [1.54, 1.807) is 0 Å². The lowest BCUT2D eigenvalue weighted by molar-refractivity contribution is 0.282. The molecule has 1 nitrogen and oxygen atoms in total. The molecule has 0 fully saturated rings. The molecule has 0 aromatic carbocycles. The van der Waals surface area contributed by atoms with Crippen molar-refractivity contribution < 1.29 is 5.11 Å². The van der Waals surface area contributed by atoms with E-state index in [4.69, 9.17) is 5.11 Å². The Kier molecular flexibility index (Phi) is 19.5. The number of hydrogen-bond donors (Lipinski definition) is 1. The van der Waals surface area contributed by atoms with Crippen LogP contribution in [0.5, 0.6) is 0 Å². The number of aliphatic hydroxyl groups excluding tert-OH is 1. The monoisotopic (exact) mass is 316 g/mol. The van der Waals surface area contributed by atoms with Gasteiger partial charge in [-0.15, -0.1) is 0 Å². The van der Waals surface area contributed by atoms with Crippen molar-refractivity contribution in [2.75, 3.05) is 6.61 Å². The summed E-state index contributed by atoms with van der Waals surface area (Å²) in [6.07, 6.45) is 33.3. The standard InChI is InChI=1S/C22H36O/c1-2-3-4-5-6-7-8-9-10-11-12-13-14-15-16-17-18-19-20-21-22-23/h3-4,6-7,9-10,12-13,15-16,23H,2,5,8,11,14,17-22H2,1H3/b4-3+,7-6+,10-9+,13-12+,16-15+. The maximum atomic E-state index is 8.68. The van der Waals surface area contributed by atoms with Crippen LogP contribution in [0.25, 0.3) is 0 Å². The van der Waals surface area contributed by atoms with Gasteiger partial charge in [-0.1, -0.05) is 80.5 Å². The van der Waals surface area contributed by atoms with Gasteiger partial charge in [-0.2, -0.15) is 0 Å². The summed E-state index contributed by atoms with van der Waals surface area (Å²) in [5, 5.41) is 8.68. The molecule has 0 saturated heterocycles. The highest BCUT2D eigenvalue weighted by Crippen LogP contribution is 2.03. The van der Waals surface area contributed by atoms with Crippen molar-refractivity contribution in [2.24, 2.45) is 0 Å². The van der Waals surface area contributed by atoms with E-state index in [-0.39, 0.29) is 0 Å². The maximum Gasteiger partial charge on any atom is 0.0431 e. The molecule has 0 heterocycles. The summed E-state index contributed by atoms with van der Waals surface area (Å²) in [5.41, 5.74) is 0. The van der Waals surface area contributed by atoms with Crippen LogP contribution in [0.4, 0.5) is 0 Å². The van der Waals surface area contributed by atoms with E-state index < -0.39 is 0 Å². The van der Waals surface area contributed by atoms with E-state index in [1.165, 1.54) is 19.3 Å². The Balaban J connectivity index is 3.39. The van der Waals surface area contributed by atoms with Crippen molar-refractivity contribution in [1.29, 1.82) is 0 Å². The van der Waals surface area contributed by atoms with Crippen LogP contribution in [-0.4, -0.2) is 11.7 Å². The molecule has 0 radical (unpaired) electrons. The summed E-state index contributed by atoms with van der Waals surface area (Å²) < 4.78 is 0. The second-order valence-corrected chi connectivity index (χ2v) is 5.63. The highest BCUT2D eigenvalue weighted by molar-refractivity contribution is 5.00. The van der Waals surface area contributed by atoms with Crippen molar-refractivity contribution in [3.8, 4) is 0 Å². The Morgan fingerprint density at radius 1 is 0.522 bits per heavy atom. The third-order valence-electron chi connectivity index (χ3n) is 3.44. The molecule has 0 atom stereocenters. The fourth-order valence-electron chi connectivity index (χ4n) is 2.10. The first-order valence-electron chi connectivity index (χ1n) is 9.27.